The molecule has 0 radical (unpaired) electrons. The molecule has 0 atom stereocenters. The van der Waals surface area contributed by atoms with Gasteiger partial charge < -0.3 is 4.90 Å². The van der Waals surface area contributed by atoms with Crippen LogP contribution in [0, 0.1) is 0 Å². The minimum Gasteiger partial charge on any atom is -0.310 e. The molecule has 0 unspecified atom stereocenters. The van der Waals surface area contributed by atoms with Crippen molar-refractivity contribution < 1.29 is 0 Å². The predicted octanol–water partition coefficient (Wildman–Crippen LogP) is 12.0. The van der Waals surface area contributed by atoms with E-state index < -0.39 is 0 Å². The van der Waals surface area contributed by atoms with Crippen molar-refractivity contribution in [2.24, 2.45) is 0 Å². The highest BCUT2D eigenvalue weighted by molar-refractivity contribution is 5.89. The Morgan fingerprint density at radius 2 is 1.00 bits per heavy atom. The maximum atomic E-state index is 2.45. The molecule has 7 rings (SSSR count). The number of benzene rings is 5. The normalized spacial score (nSPS) is 17.5. The van der Waals surface area contributed by atoms with E-state index in [1.54, 1.807) is 0 Å². The van der Waals surface area contributed by atoms with Crippen LogP contribution >= 0.6 is 0 Å². The molecule has 5 aromatic rings. The van der Waals surface area contributed by atoms with Crippen molar-refractivity contribution in [3.8, 4) is 0 Å². The molecular weight excluding hydrogens is 506 g/mol. The molecule has 0 aromatic heterocycles. The average molecular weight is 550 g/mol. The first-order valence-electron chi connectivity index (χ1n) is 16.4. The number of hydrogen-bond acceptors (Lipinski definition) is 1. The molecule has 1 heteroatoms. The van der Waals surface area contributed by atoms with Crippen LogP contribution in [-0.4, -0.2) is 0 Å². The van der Waals surface area contributed by atoms with E-state index in [1.807, 2.05) is 0 Å². The lowest BCUT2D eigenvalue weighted by Crippen LogP contribution is -2.27. The Labute approximate surface area is 252 Å². The average Bonchev–Trinajstić information content (AvgIpc) is 3.34. The number of rotatable bonds is 6. The van der Waals surface area contributed by atoms with Gasteiger partial charge in [0.1, 0.15) is 0 Å². The van der Waals surface area contributed by atoms with Gasteiger partial charge in [-0.05, 0) is 95.5 Å². The summed E-state index contributed by atoms with van der Waals surface area (Å²) in [4.78, 5) is 2.45. The van der Waals surface area contributed by atoms with Gasteiger partial charge in [0.2, 0.25) is 0 Å². The maximum absolute atomic E-state index is 2.45. The Kier molecular flexibility index (Phi) is 7.84. The molecule has 0 heterocycles. The molecule has 2 fully saturated rings. The Morgan fingerprint density at radius 1 is 0.452 bits per heavy atom. The zero-order valence-electron chi connectivity index (χ0n) is 24.8. The van der Waals surface area contributed by atoms with Gasteiger partial charge in [-0.2, -0.15) is 0 Å². The van der Waals surface area contributed by atoms with Gasteiger partial charge in [0, 0.05) is 22.5 Å². The molecule has 0 N–H and O–H groups in total. The summed E-state index contributed by atoms with van der Waals surface area (Å²) < 4.78 is 0. The van der Waals surface area contributed by atoms with Crippen molar-refractivity contribution in [1.29, 1.82) is 0 Å². The van der Waals surface area contributed by atoms with Crippen LogP contribution in [0.5, 0.6) is 0 Å². The second kappa shape index (κ2) is 12.2. The lowest BCUT2D eigenvalue weighted by molar-refractivity contribution is 0.443. The summed E-state index contributed by atoms with van der Waals surface area (Å²) in [5.74, 6) is 0.718. The van der Waals surface area contributed by atoms with Crippen LogP contribution in [0.25, 0.3) is 10.8 Å². The fourth-order valence-corrected chi connectivity index (χ4v) is 7.86. The van der Waals surface area contributed by atoms with Crippen molar-refractivity contribution in [2.45, 2.75) is 82.0 Å². The minimum absolute atomic E-state index is 0.103. The Balaban J connectivity index is 1.29. The highest BCUT2D eigenvalue weighted by atomic mass is 15.1. The zero-order chi connectivity index (χ0) is 28.2. The molecule has 2 aliphatic rings. The van der Waals surface area contributed by atoms with Gasteiger partial charge >= 0.3 is 0 Å². The van der Waals surface area contributed by atoms with E-state index in [9.17, 15) is 0 Å². The Bertz CT molecular complexity index is 1590. The van der Waals surface area contributed by atoms with Gasteiger partial charge in [-0.15, -0.1) is 0 Å². The standard InChI is InChI=1S/C41H43N/c1-2-12-30-41(29-11-1,36-17-7-4-8-18-36)37-22-27-39(28-23-37)42(40-26-21-33-15-9-10-16-35(33)31-40)38-24-19-34(20-25-38)32-13-5-3-6-14-32/h4,7-10,15-28,31-32H,1-3,5-6,11-14,29-30H2. The van der Waals surface area contributed by atoms with Crippen molar-refractivity contribution >= 4 is 27.8 Å². The fraction of sp³-hybridized carbons (Fsp3) is 0.317. The molecule has 0 saturated heterocycles. The van der Waals surface area contributed by atoms with Crippen molar-refractivity contribution in [3.63, 3.8) is 0 Å². The van der Waals surface area contributed by atoms with Crippen LogP contribution in [0.3, 0.4) is 0 Å². The molecule has 1 nitrogen and oxygen atoms in total. The number of hydrogen-bond donors (Lipinski definition) is 0. The van der Waals surface area contributed by atoms with E-state index in [0.29, 0.717) is 0 Å². The SMILES string of the molecule is c1ccc(C2(c3ccc(N(c4ccc(C5CCCCC5)cc4)c4ccc5ccccc5c4)cc3)CCCCCC2)cc1. The highest BCUT2D eigenvalue weighted by Gasteiger charge is 2.34. The second-order valence-corrected chi connectivity index (χ2v) is 12.7. The number of nitrogens with zero attached hydrogens (tertiary/aromatic N) is 1. The monoisotopic (exact) mass is 549 g/mol. The summed E-state index contributed by atoms with van der Waals surface area (Å²) in [5, 5.41) is 2.55. The number of fused-ring (bicyclic) bond motifs is 1. The quantitative estimate of drug-likeness (QED) is 0.190. The lowest BCUT2D eigenvalue weighted by Gasteiger charge is -2.35. The van der Waals surface area contributed by atoms with Crippen molar-refractivity contribution in [3.05, 3.63) is 138 Å². The van der Waals surface area contributed by atoms with E-state index in [2.05, 4.69) is 126 Å². The van der Waals surface area contributed by atoms with Gasteiger partial charge in [-0.1, -0.05) is 130 Å². The van der Waals surface area contributed by atoms with Gasteiger partial charge in [-0.3, -0.25) is 0 Å². The third-order valence-corrected chi connectivity index (χ3v) is 10.2. The third kappa shape index (κ3) is 5.38. The molecule has 42 heavy (non-hydrogen) atoms. The van der Waals surface area contributed by atoms with E-state index in [1.165, 1.54) is 115 Å². The molecule has 212 valence electrons. The molecule has 0 amide bonds. The zero-order valence-corrected chi connectivity index (χ0v) is 24.8. The van der Waals surface area contributed by atoms with E-state index in [0.717, 1.165) is 5.92 Å². The van der Waals surface area contributed by atoms with E-state index in [-0.39, 0.29) is 5.41 Å². The molecule has 5 aromatic carbocycles. The first kappa shape index (κ1) is 27.0. The summed E-state index contributed by atoms with van der Waals surface area (Å²) in [7, 11) is 0. The summed E-state index contributed by atoms with van der Waals surface area (Å²) >= 11 is 0. The molecule has 0 aliphatic heterocycles. The molecule has 0 bridgehead atoms. The van der Waals surface area contributed by atoms with Gasteiger partial charge in [0.15, 0.2) is 0 Å². The van der Waals surface area contributed by atoms with Crippen LogP contribution in [0.15, 0.2) is 121 Å². The van der Waals surface area contributed by atoms with Gasteiger partial charge in [0.25, 0.3) is 0 Å². The van der Waals surface area contributed by atoms with Gasteiger partial charge in [0.05, 0.1) is 0 Å². The summed E-state index contributed by atoms with van der Waals surface area (Å²) in [6.07, 6.45) is 14.5. The molecular formula is C41H43N. The summed E-state index contributed by atoms with van der Waals surface area (Å²) in [5.41, 5.74) is 8.20. The second-order valence-electron chi connectivity index (χ2n) is 12.7. The first-order chi connectivity index (χ1) is 20.8. The smallest absolute Gasteiger partial charge is 0.0468 e. The van der Waals surface area contributed by atoms with Crippen LogP contribution in [0.2, 0.25) is 0 Å². The van der Waals surface area contributed by atoms with Crippen LogP contribution < -0.4 is 4.90 Å². The Hall–Kier alpha value is -3.84. The van der Waals surface area contributed by atoms with Gasteiger partial charge in [-0.25, -0.2) is 0 Å². The lowest BCUT2D eigenvalue weighted by atomic mass is 9.69. The first-order valence-corrected chi connectivity index (χ1v) is 16.4. The predicted molar refractivity (Wildman–Crippen MR) is 179 cm³/mol. The van der Waals surface area contributed by atoms with Crippen molar-refractivity contribution in [2.75, 3.05) is 4.90 Å². The molecule has 0 spiro atoms. The number of anilines is 3. The molecule has 2 saturated carbocycles. The molecule has 2 aliphatic carbocycles. The van der Waals surface area contributed by atoms with Crippen LogP contribution in [0.1, 0.15) is 93.2 Å². The fourth-order valence-electron chi connectivity index (χ4n) is 7.86. The van der Waals surface area contributed by atoms with E-state index >= 15 is 0 Å². The van der Waals surface area contributed by atoms with E-state index in [4.69, 9.17) is 0 Å². The topological polar surface area (TPSA) is 3.24 Å². The minimum atomic E-state index is 0.103. The Morgan fingerprint density at radius 3 is 1.69 bits per heavy atom. The summed E-state index contributed by atoms with van der Waals surface area (Å²) in [6.45, 7) is 0. The third-order valence-electron chi connectivity index (χ3n) is 10.2. The van der Waals surface area contributed by atoms with Crippen molar-refractivity contribution in [1.82, 2.24) is 0 Å². The summed E-state index contributed by atoms with van der Waals surface area (Å²) in [6, 6.07) is 46.0. The largest absolute Gasteiger partial charge is 0.310 e. The maximum Gasteiger partial charge on any atom is 0.0468 e. The van der Waals surface area contributed by atoms with Crippen LogP contribution in [-0.2, 0) is 5.41 Å². The highest BCUT2D eigenvalue weighted by Crippen LogP contribution is 2.45. The van der Waals surface area contributed by atoms with Crippen LogP contribution in [0.4, 0.5) is 17.1 Å².